The summed E-state index contributed by atoms with van der Waals surface area (Å²) in [4.78, 5) is 96.6. The van der Waals surface area contributed by atoms with Gasteiger partial charge in [0.25, 0.3) is 0 Å². The maximum absolute atomic E-state index is 13.4. The van der Waals surface area contributed by atoms with Gasteiger partial charge in [0.05, 0.1) is 24.7 Å². The van der Waals surface area contributed by atoms with Crippen LogP contribution in [0.5, 0.6) is 0 Å². The standard InChI is InChI=1S/C25H41N5O11/c1-12(2)9-16(23(39)28-15(10-31)5-7-19(26)35)22(38)21(13(3)33)30-25(41)18(11-32)29-24(40)17(27-14(4)34)6-8-20(36)37/h10,12-13,15-18,21,32-33H,5-9,11H2,1-4H3,(H2,26,35)(H,27,34)(H,28,39)(H,29,40)(H,30,41)(H,36,37)/t13-,15+,16-,17?,18+,21+/m1/s1. The molecule has 0 aliphatic carbocycles. The molecule has 1 unspecified atom stereocenters. The quantitative estimate of drug-likeness (QED) is 0.0521. The Hall–Kier alpha value is -3.92. The molecular weight excluding hydrogens is 546 g/mol. The number of aliphatic carboxylic acids is 1. The fourth-order valence-electron chi connectivity index (χ4n) is 3.73. The number of nitrogens with one attached hydrogen (secondary N) is 4. The van der Waals surface area contributed by atoms with Crippen LogP contribution in [-0.2, 0) is 38.4 Å². The summed E-state index contributed by atoms with van der Waals surface area (Å²) in [6, 6.07) is -5.83. The number of rotatable bonds is 20. The minimum Gasteiger partial charge on any atom is -0.481 e. The normalized spacial score (nSPS) is 15.3. The van der Waals surface area contributed by atoms with Crippen molar-refractivity contribution in [2.45, 2.75) is 90.1 Å². The number of hydrogen-bond acceptors (Lipinski definition) is 10. The van der Waals surface area contributed by atoms with Crippen LogP contribution < -0.4 is 27.0 Å². The molecule has 232 valence electrons. The molecule has 0 saturated heterocycles. The van der Waals surface area contributed by atoms with Gasteiger partial charge in [-0.15, -0.1) is 0 Å². The molecule has 0 fully saturated rings. The number of carboxylic acid groups (broad SMARTS) is 1. The fourth-order valence-corrected chi connectivity index (χ4v) is 3.73. The predicted octanol–water partition coefficient (Wildman–Crippen LogP) is -3.12. The van der Waals surface area contributed by atoms with E-state index in [4.69, 9.17) is 10.8 Å². The molecular formula is C25H41N5O11. The van der Waals surface area contributed by atoms with Crippen LogP contribution in [0.3, 0.4) is 0 Å². The third kappa shape index (κ3) is 14.3. The lowest BCUT2D eigenvalue weighted by Gasteiger charge is -2.28. The van der Waals surface area contributed by atoms with Crippen molar-refractivity contribution in [2.75, 3.05) is 6.61 Å². The molecule has 0 aliphatic rings. The Morgan fingerprint density at radius 1 is 0.829 bits per heavy atom. The molecule has 0 radical (unpaired) electrons. The van der Waals surface area contributed by atoms with E-state index < -0.39 is 90.5 Å². The van der Waals surface area contributed by atoms with Crippen molar-refractivity contribution in [1.29, 1.82) is 0 Å². The molecule has 41 heavy (non-hydrogen) atoms. The lowest BCUT2D eigenvalue weighted by Crippen LogP contribution is -2.59. The number of ketones is 1. The highest BCUT2D eigenvalue weighted by Crippen LogP contribution is 2.17. The van der Waals surface area contributed by atoms with Crippen LogP contribution >= 0.6 is 0 Å². The van der Waals surface area contributed by atoms with Gasteiger partial charge < -0.3 is 47.1 Å². The van der Waals surface area contributed by atoms with Crippen LogP contribution in [0.4, 0.5) is 0 Å². The van der Waals surface area contributed by atoms with Crippen molar-refractivity contribution in [2.24, 2.45) is 17.6 Å². The van der Waals surface area contributed by atoms with Crippen molar-refractivity contribution < 1.29 is 53.7 Å². The number of aliphatic hydroxyl groups excluding tert-OH is 2. The largest absolute Gasteiger partial charge is 0.481 e. The first-order chi connectivity index (χ1) is 19.0. The zero-order valence-electron chi connectivity index (χ0n) is 23.5. The van der Waals surface area contributed by atoms with Gasteiger partial charge in [-0.2, -0.15) is 0 Å². The van der Waals surface area contributed by atoms with Crippen molar-refractivity contribution in [3.8, 4) is 0 Å². The summed E-state index contributed by atoms with van der Waals surface area (Å²) in [5, 5.41) is 37.9. The third-order valence-electron chi connectivity index (χ3n) is 5.80. The monoisotopic (exact) mass is 587 g/mol. The lowest BCUT2D eigenvalue weighted by molar-refractivity contribution is -0.141. The number of aliphatic hydroxyl groups is 2. The number of carboxylic acids is 1. The molecule has 9 N–H and O–H groups in total. The van der Waals surface area contributed by atoms with Crippen LogP contribution in [0.25, 0.3) is 0 Å². The summed E-state index contributed by atoms with van der Waals surface area (Å²) >= 11 is 0. The van der Waals surface area contributed by atoms with Crippen LogP contribution in [-0.4, -0.2) is 99.8 Å². The van der Waals surface area contributed by atoms with Crippen LogP contribution in [0.15, 0.2) is 0 Å². The zero-order chi connectivity index (χ0) is 31.9. The van der Waals surface area contributed by atoms with Gasteiger partial charge >= 0.3 is 5.97 Å². The Labute approximate surface area is 237 Å². The Morgan fingerprint density at radius 3 is 1.85 bits per heavy atom. The highest BCUT2D eigenvalue weighted by molar-refractivity contribution is 6.06. The van der Waals surface area contributed by atoms with Gasteiger partial charge in [0.2, 0.25) is 29.5 Å². The SMILES string of the molecule is CC(=O)NC(CCC(=O)O)C(=O)N[C@@H](CO)C(=O)N[C@H](C(=O)[C@@H](CC(C)C)C(=O)N[C@H](C=O)CCC(N)=O)[C@@H](C)O. The van der Waals surface area contributed by atoms with E-state index in [1.807, 2.05) is 0 Å². The molecule has 0 spiro atoms. The van der Waals surface area contributed by atoms with Gasteiger partial charge in [-0.3, -0.25) is 33.6 Å². The molecule has 0 heterocycles. The van der Waals surface area contributed by atoms with E-state index in [1.54, 1.807) is 13.8 Å². The van der Waals surface area contributed by atoms with Crippen molar-refractivity contribution in [3.63, 3.8) is 0 Å². The average molecular weight is 588 g/mol. The highest BCUT2D eigenvalue weighted by atomic mass is 16.4. The molecule has 16 nitrogen and oxygen atoms in total. The minimum atomic E-state index is -1.68. The summed E-state index contributed by atoms with van der Waals surface area (Å²) in [5.41, 5.74) is 5.07. The highest BCUT2D eigenvalue weighted by Gasteiger charge is 2.38. The first kappa shape index (κ1) is 37.1. The van der Waals surface area contributed by atoms with Gasteiger partial charge in [0.1, 0.15) is 24.4 Å². The van der Waals surface area contributed by atoms with Gasteiger partial charge in [0, 0.05) is 19.8 Å². The number of hydrogen-bond donors (Lipinski definition) is 8. The first-order valence-corrected chi connectivity index (χ1v) is 13.0. The Balaban J connectivity index is 5.81. The van der Waals surface area contributed by atoms with Crippen LogP contribution in [0.2, 0.25) is 0 Å². The molecule has 0 aromatic heterocycles. The lowest BCUT2D eigenvalue weighted by atomic mass is 9.87. The summed E-state index contributed by atoms with van der Waals surface area (Å²) in [6.45, 7) is 4.71. The molecule has 0 saturated carbocycles. The first-order valence-electron chi connectivity index (χ1n) is 13.0. The molecule has 0 aliphatic heterocycles. The summed E-state index contributed by atoms with van der Waals surface area (Å²) < 4.78 is 0. The van der Waals surface area contributed by atoms with Gasteiger partial charge in [-0.25, -0.2) is 0 Å². The molecule has 6 atom stereocenters. The number of Topliss-reactive ketones (excluding diaryl/α,β-unsaturated/α-hetero) is 1. The van der Waals surface area contributed by atoms with Crippen LogP contribution in [0.1, 0.15) is 59.8 Å². The zero-order valence-corrected chi connectivity index (χ0v) is 23.5. The Kier molecular flexibility index (Phi) is 16.7. The number of carbonyl (C=O) groups excluding carboxylic acids is 7. The van der Waals surface area contributed by atoms with Crippen molar-refractivity contribution >= 4 is 47.6 Å². The second-order valence-electron chi connectivity index (χ2n) is 10.00. The predicted molar refractivity (Wildman–Crippen MR) is 141 cm³/mol. The van der Waals surface area contributed by atoms with E-state index in [2.05, 4.69) is 21.3 Å². The number of aldehydes is 1. The van der Waals surface area contributed by atoms with Crippen molar-refractivity contribution in [3.05, 3.63) is 0 Å². The molecule has 16 heteroatoms. The number of carbonyl (C=O) groups is 8. The average Bonchev–Trinajstić information content (AvgIpc) is 2.87. The van der Waals surface area contributed by atoms with E-state index >= 15 is 0 Å². The smallest absolute Gasteiger partial charge is 0.303 e. The fraction of sp³-hybridized carbons (Fsp3) is 0.680. The molecule has 0 aromatic rings. The molecule has 0 bridgehead atoms. The second-order valence-corrected chi connectivity index (χ2v) is 10.00. The maximum atomic E-state index is 13.4. The van der Waals surface area contributed by atoms with Crippen LogP contribution in [0, 0.1) is 11.8 Å². The van der Waals surface area contributed by atoms with Crippen molar-refractivity contribution in [1.82, 2.24) is 21.3 Å². The van der Waals surface area contributed by atoms with Gasteiger partial charge in [0.15, 0.2) is 5.78 Å². The minimum absolute atomic E-state index is 0.0344. The molecule has 5 amide bonds. The molecule has 0 aromatic carbocycles. The van der Waals surface area contributed by atoms with E-state index in [0.29, 0.717) is 6.29 Å². The van der Waals surface area contributed by atoms with Gasteiger partial charge in [-0.1, -0.05) is 13.8 Å². The number of amides is 5. The summed E-state index contributed by atoms with van der Waals surface area (Å²) in [7, 11) is 0. The van der Waals surface area contributed by atoms with E-state index in [-0.39, 0.29) is 31.6 Å². The Bertz CT molecular complexity index is 970. The maximum Gasteiger partial charge on any atom is 0.303 e. The van der Waals surface area contributed by atoms with E-state index in [0.717, 1.165) is 6.92 Å². The van der Waals surface area contributed by atoms with E-state index in [9.17, 15) is 48.6 Å². The third-order valence-corrected chi connectivity index (χ3v) is 5.80. The number of nitrogens with two attached hydrogens (primary N) is 1. The summed E-state index contributed by atoms with van der Waals surface area (Å²) in [6.07, 6.45) is -2.30. The van der Waals surface area contributed by atoms with Gasteiger partial charge in [-0.05, 0) is 32.1 Å². The second kappa shape index (κ2) is 18.4. The Morgan fingerprint density at radius 2 is 1.41 bits per heavy atom. The van der Waals surface area contributed by atoms with E-state index in [1.165, 1.54) is 6.92 Å². The summed E-state index contributed by atoms with van der Waals surface area (Å²) in [5.74, 6) is -8.15. The topological polar surface area (TPSA) is 271 Å². The molecule has 0 rings (SSSR count). The number of primary amides is 1.